The normalized spacial score (nSPS) is 12.4. The van der Waals surface area contributed by atoms with Crippen molar-refractivity contribution in [2.45, 2.75) is 13.0 Å². The van der Waals surface area contributed by atoms with Crippen molar-refractivity contribution >= 4 is 5.69 Å². The van der Waals surface area contributed by atoms with Crippen molar-refractivity contribution in [3.8, 4) is 11.5 Å². The van der Waals surface area contributed by atoms with Crippen molar-refractivity contribution in [2.75, 3.05) is 0 Å². The highest BCUT2D eigenvalue weighted by atomic mass is 16.6. The minimum Gasteiger partial charge on any atom is -0.504 e. The summed E-state index contributed by atoms with van der Waals surface area (Å²) < 4.78 is 0. The van der Waals surface area contributed by atoms with Crippen LogP contribution in [-0.2, 0) is 0 Å². The lowest BCUT2D eigenvalue weighted by Gasteiger charge is -2.07. The number of rotatable bonds is 2. The Kier molecular flexibility index (Phi) is 2.57. The van der Waals surface area contributed by atoms with Crippen molar-refractivity contribution in [3.05, 3.63) is 27.8 Å². The van der Waals surface area contributed by atoms with Crippen LogP contribution in [0.15, 0.2) is 12.1 Å². The molecule has 0 amide bonds. The van der Waals surface area contributed by atoms with Crippen molar-refractivity contribution in [2.24, 2.45) is 5.73 Å². The van der Waals surface area contributed by atoms with Crippen LogP contribution in [0.5, 0.6) is 11.5 Å². The predicted octanol–water partition coefficient (Wildman–Crippen LogP) is 1.03. The van der Waals surface area contributed by atoms with E-state index in [-0.39, 0.29) is 0 Å². The van der Waals surface area contributed by atoms with E-state index in [0.29, 0.717) is 5.56 Å². The molecular weight excluding hydrogens is 188 g/mol. The smallest absolute Gasteiger partial charge is 0.314 e. The van der Waals surface area contributed by atoms with Gasteiger partial charge in [0.05, 0.1) is 4.92 Å². The van der Waals surface area contributed by atoms with Crippen LogP contribution >= 0.6 is 0 Å². The average molecular weight is 198 g/mol. The third kappa shape index (κ3) is 1.74. The number of benzene rings is 1. The van der Waals surface area contributed by atoms with Crippen molar-refractivity contribution in [1.82, 2.24) is 0 Å². The summed E-state index contributed by atoms with van der Waals surface area (Å²) in [5.41, 5.74) is 5.34. The zero-order valence-corrected chi connectivity index (χ0v) is 7.47. The van der Waals surface area contributed by atoms with Gasteiger partial charge >= 0.3 is 5.69 Å². The van der Waals surface area contributed by atoms with Gasteiger partial charge in [0.25, 0.3) is 0 Å². The molecule has 1 aromatic carbocycles. The summed E-state index contributed by atoms with van der Waals surface area (Å²) in [6.07, 6.45) is 0. The number of aromatic hydroxyl groups is 2. The van der Waals surface area contributed by atoms with Gasteiger partial charge in [-0.15, -0.1) is 0 Å². The Morgan fingerprint density at radius 2 is 2.07 bits per heavy atom. The van der Waals surface area contributed by atoms with Gasteiger partial charge in [-0.2, -0.15) is 0 Å². The molecule has 0 heterocycles. The van der Waals surface area contributed by atoms with Crippen LogP contribution in [0.25, 0.3) is 0 Å². The number of phenols is 2. The second kappa shape index (κ2) is 3.51. The van der Waals surface area contributed by atoms with Gasteiger partial charge in [-0.25, -0.2) is 0 Å². The van der Waals surface area contributed by atoms with E-state index in [2.05, 4.69) is 0 Å². The molecule has 14 heavy (non-hydrogen) atoms. The van der Waals surface area contributed by atoms with Crippen molar-refractivity contribution < 1.29 is 15.1 Å². The minimum absolute atomic E-state index is 0.395. The molecule has 0 fully saturated rings. The molecule has 0 aliphatic carbocycles. The van der Waals surface area contributed by atoms with Crippen molar-refractivity contribution in [3.63, 3.8) is 0 Å². The summed E-state index contributed by atoms with van der Waals surface area (Å²) in [5.74, 6) is -1.27. The van der Waals surface area contributed by atoms with Gasteiger partial charge in [0, 0.05) is 12.1 Å². The number of nitro groups is 1. The van der Waals surface area contributed by atoms with Crippen LogP contribution in [0.1, 0.15) is 18.5 Å². The number of nitrogens with two attached hydrogens (primary N) is 1. The van der Waals surface area contributed by atoms with Gasteiger partial charge in [0.2, 0.25) is 5.75 Å². The number of hydrogen-bond donors (Lipinski definition) is 3. The Morgan fingerprint density at radius 3 is 2.50 bits per heavy atom. The summed E-state index contributed by atoms with van der Waals surface area (Å²) in [5, 5.41) is 28.8. The monoisotopic (exact) mass is 198 g/mol. The van der Waals surface area contributed by atoms with E-state index >= 15 is 0 Å². The van der Waals surface area contributed by atoms with E-state index in [1.807, 2.05) is 0 Å². The third-order valence-corrected chi connectivity index (χ3v) is 1.81. The maximum absolute atomic E-state index is 10.4. The lowest BCUT2D eigenvalue weighted by atomic mass is 10.1. The largest absolute Gasteiger partial charge is 0.504 e. The Balaban J connectivity index is 3.35. The van der Waals surface area contributed by atoms with E-state index in [0.717, 1.165) is 6.07 Å². The fraction of sp³-hybridized carbons (Fsp3) is 0.250. The van der Waals surface area contributed by atoms with E-state index in [4.69, 9.17) is 15.9 Å². The highest BCUT2D eigenvalue weighted by Gasteiger charge is 2.19. The zero-order valence-electron chi connectivity index (χ0n) is 7.47. The molecule has 76 valence electrons. The molecule has 0 aromatic heterocycles. The molecule has 0 aliphatic rings. The van der Waals surface area contributed by atoms with Crippen LogP contribution in [0.2, 0.25) is 0 Å². The van der Waals surface area contributed by atoms with Gasteiger partial charge < -0.3 is 15.9 Å². The standard InChI is InChI=1S/C8H10N2O4/c1-4(9)5-2-6(10(13)14)8(12)7(11)3-5/h2-4,11-12H,9H2,1H3/t4-/m1/s1. The lowest BCUT2D eigenvalue weighted by Crippen LogP contribution is -2.05. The Labute approximate surface area is 79.7 Å². The summed E-state index contributed by atoms with van der Waals surface area (Å²) in [7, 11) is 0. The molecule has 6 nitrogen and oxygen atoms in total. The zero-order chi connectivity index (χ0) is 10.9. The first-order chi connectivity index (χ1) is 6.43. The fourth-order valence-corrected chi connectivity index (χ4v) is 1.03. The first kappa shape index (κ1) is 10.3. The summed E-state index contributed by atoms with van der Waals surface area (Å²) >= 11 is 0. The molecule has 0 saturated heterocycles. The molecule has 0 aliphatic heterocycles. The highest BCUT2D eigenvalue weighted by molar-refractivity contribution is 5.56. The minimum atomic E-state index is -0.777. The molecule has 1 rings (SSSR count). The summed E-state index contributed by atoms with van der Waals surface area (Å²) in [6.45, 7) is 1.62. The van der Waals surface area contributed by atoms with Gasteiger partial charge in [0.15, 0.2) is 5.75 Å². The molecular formula is C8H10N2O4. The van der Waals surface area contributed by atoms with Crippen LogP contribution in [0, 0.1) is 10.1 Å². The number of nitro benzene ring substituents is 1. The summed E-state index contributed by atoms with van der Waals surface area (Å²) in [6, 6.07) is 1.90. The molecule has 6 heteroatoms. The van der Waals surface area contributed by atoms with Crippen LogP contribution < -0.4 is 5.73 Å². The lowest BCUT2D eigenvalue weighted by molar-refractivity contribution is -0.386. The van der Waals surface area contributed by atoms with Gasteiger partial charge in [-0.05, 0) is 18.6 Å². The Morgan fingerprint density at radius 1 is 1.50 bits per heavy atom. The van der Waals surface area contributed by atoms with Crippen LogP contribution in [-0.4, -0.2) is 15.1 Å². The molecule has 1 aromatic rings. The van der Waals surface area contributed by atoms with Crippen molar-refractivity contribution in [1.29, 1.82) is 0 Å². The second-order valence-electron chi connectivity index (χ2n) is 2.95. The maximum Gasteiger partial charge on any atom is 0.314 e. The Hall–Kier alpha value is -1.82. The second-order valence-corrected chi connectivity index (χ2v) is 2.95. The first-order valence-electron chi connectivity index (χ1n) is 3.89. The van der Waals surface area contributed by atoms with Gasteiger partial charge in [-0.1, -0.05) is 0 Å². The molecule has 4 N–H and O–H groups in total. The van der Waals surface area contributed by atoms with E-state index in [1.54, 1.807) is 6.92 Å². The molecule has 1 atom stereocenters. The topological polar surface area (TPSA) is 110 Å². The van der Waals surface area contributed by atoms with Crippen LogP contribution in [0.4, 0.5) is 5.69 Å². The molecule has 0 saturated carbocycles. The van der Waals surface area contributed by atoms with Gasteiger partial charge in [-0.3, -0.25) is 10.1 Å². The van der Waals surface area contributed by atoms with E-state index < -0.39 is 28.2 Å². The van der Waals surface area contributed by atoms with E-state index in [9.17, 15) is 10.1 Å². The fourth-order valence-electron chi connectivity index (χ4n) is 1.03. The number of hydrogen-bond acceptors (Lipinski definition) is 5. The third-order valence-electron chi connectivity index (χ3n) is 1.81. The number of phenolic OH excluding ortho intramolecular Hbond substituents is 2. The highest BCUT2D eigenvalue weighted by Crippen LogP contribution is 2.37. The molecule has 0 bridgehead atoms. The van der Waals surface area contributed by atoms with Crippen LogP contribution in [0.3, 0.4) is 0 Å². The summed E-state index contributed by atoms with van der Waals surface area (Å²) in [4.78, 5) is 9.67. The molecule has 0 radical (unpaired) electrons. The SMILES string of the molecule is C[C@@H](N)c1cc(O)c(O)c([N+](=O)[O-])c1. The molecule has 0 spiro atoms. The number of nitrogens with zero attached hydrogens (tertiary/aromatic N) is 1. The Bertz CT molecular complexity index is 376. The molecule has 0 unspecified atom stereocenters. The van der Waals surface area contributed by atoms with Gasteiger partial charge in [0.1, 0.15) is 0 Å². The van der Waals surface area contributed by atoms with E-state index in [1.165, 1.54) is 6.07 Å². The first-order valence-corrected chi connectivity index (χ1v) is 3.89. The maximum atomic E-state index is 10.4. The average Bonchev–Trinajstić information content (AvgIpc) is 2.08. The quantitative estimate of drug-likeness (QED) is 0.373. The predicted molar refractivity (Wildman–Crippen MR) is 49.0 cm³/mol.